The fourth-order valence-electron chi connectivity index (χ4n) is 1.17. The van der Waals surface area contributed by atoms with Crippen LogP contribution >= 0.6 is 11.6 Å². The van der Waals surface area contributed by atoms with Crippen molar-refractivity contribution in [2.45, 2.75) is 13.3 Å². The van der Waals surface area contributed by atoms with E-state index in [0.717, 1.165) is 5.56 Å². The van der Waals surface area contributed by atoms with Crippen LogP contribution in [0.5, 0.6) is 0 Å². The first-order chi connectivity index (χ1) is 6.98. The summed E-state index contributed by atoms with van der Waals surface area (Å²) in [7, 11) is 0. The Morgan fingerprint density at radius 2 is 2.40 bits per heavy atom. The summed E-state index contributed by atoms with van der Waals surface area (Å²) in [5.41, 5.74) is -0.139. The fourth-order valence-corrected chi connectivity index (χ4v) is 1.28. The maximum Gasteiger partial charge on any atom is 0.313 e. The van der Waals surface area contributed by atoms with E-state index in [4.69, 9.17) is 16.7 Å². The van der Waals surface area contributed by atoms with Crippen LogP contribution < -0.4 is 0 Å². The molecule has 0 saturated heterocycles. The second-order valence-corrected chi connectivity index (χ2v) is 3.98. The van der Waals surface area contributed by atoms with E-state index in [1.807, 2.05) is 0 Å². The summed E-state index contributed by atoms with van der Waals surface area (Å²) in [6, 6.07) is 3.41. The molecule has 1 rings (SSSR count). The lowest BCUT2D eigenvalue weighted by molar-refractivity contribution is -0.145. The van der Waals surface area contributed by atoms with Crippen LogP contribution in [0, 0.1) is 5.41 Å². The highest BCUT2D eigenvalue weighted by atomic mass is 35.5. The second kappa shape index (κ2) is 4.45. The highest BCUT2D eigenvalue weighted by Gasteiger charge is 2.29. The number of nitrogens with zero attached hydrogens (tertiary/aromatic N) is 1. The van der Waals surface area contributed by atoms with Crippen LogP contribution in [0.15, 0.2) is 31.0 Å². The van der Waals surface area contributed by atoms with E-state index in [1.54, 1.807) is 25.3 Å². The van der Waals surface area contributed by atoms with Crippen LogP contribution in [-0.4, -0.2) is 16.1 Å². The molecule has 0 amide bonds. The Bertz CT molecular complexity index is 375. The molecule has 1 aromatic rings. The molecule has 0 spiro atoms. The smallest absolute Gasteiger partial charge is 0.313 e. The average Bonchev–Trinajstić information content (AvgIpc) is 2.21. The number of pyridine rings is 1. The lowest BCUT2D eigenvalue weighted by atomic mass is 9.84. The SMILES string of the molecule is C=CC(C)(Cc1ccc(Cl)nc1)C(=O)O. The Morgan fingerprint density at radius 3 is 2.80 bits per heavy atom. The van der Waals surface area contributed by atoms with Gasteiger partial charge in [0.25, 0.3) is 0 Å². The summed E-state index contributed by atoms with van der Waals surface area (Å²) >= 11 is 5.63. The van der Waals surface area contributed by atoms with Crippen molar-refractivity contribution in [2.75, 3.05) is 0 Å². The third kappa shape index (κ3) is 2.80. The molecule has 0 aliphatic carbocycles. The van der Waals surface area contributed by atoms with E-state index >= 15 is 0 Å². The van der Waals surface area contributed by atoms with Gasteiger partial charge in [-0.25, -0.2) is 4.98 Å². The minimum atomic E-state index is -0.963. The molecule has 1 unspecified atom stereocenters. The van der Waals surface area contributed by atoms with E-state index in [-0.39, 0.29) is 0 Å². The van der Waals surface area contributed by atoms with Gasteiger partial charge in [0.2, 0.25) is 0 Å². The highest BCUT2D eigenvalue weighted by molar-refractivity contribution is 6.29. The number of hydrogen-bond acceptors (Lipinski definition) is 2. The first-order valence-electron chi connectivity index (χ1n) is 4.45. The van der Waals surface area contributed by atoms with Crippen LogP contribution in [0.25, 0.3) is 0 Å². The Hall–Kier alpha value is -1.35. The summed E-state index contributed by atoms with van der Waals surface area (Å²) in [5, 5.41) is 9.43. The number of aromatic nitrogens is 1. The van der Waals surface area contributed by atoms with E-state index < -0.39 is 11.4 Å². The Kier molecular flexibility index (Phi) is 3.48. The van der Waals surface area contributed by atoms with Gasteiger partial charge in [0, 0.05) is 6.20 Å². The Balaban J connectivity index is 2.89. The summed E-state index contributed by atoms with van der Waals surface area (Å²) in [6.07, 6.45) is 3.37. The van der Waals surface area contributed by atoms with Crippen molar-refractivity contribution in [3.63, 3.8) is 0 Å². The zero-order valence-corrected chi connectivity index (χ0v) is 9.16. The maximum absolute atomic E-state index is 11.0. The van der Waals surface area contributed by atoms with Gasteiger partial charge in [-0.05, 0) is 25.0 Å². The Labute approximate surface area is 93.4 Å². The monoisotopic (exact) mass is 225 g/mol. The van der Waals surface area contributed by atoms with Crippen molar-refractivity contribution >= 4 is 17.6 Å². The third-order valence-electron chi connectivity index (χ3n) is 2.30. The van der Waals surface area contributed by atoms with Crippen molar-refractivity contribution in [1.82, 2.24) is 4.98 Å². The van der Waals surface area contributed by atoms with Crippen LogP contribution in [0.2, 0.25) is 5.15 Å². The number of hydrogen-bond donors (Lipinski definition) is 1. The molecule has 1 atom stereocenters. The zero-order valence-electron chi connectivity index (χ0n) is 8.40. The summed E-state index contributed by atoms with van der Waals surface area (Å²) in [5.74, 6) is -0.896. The van der Waals surface area contributed by atoms with Crippen molar-refractivity contribution in [3.8, 4) is 0 Å². The minimum Gasteiger partial charge on any atom is -0.481 e. The second-order valence-electron chi connectivity index (χ2n) is 3.59. The van der Waals surface area contributed by atoms with E-state index in [0.29, 0.717) is 11.6 Å². The maximum atomic E-state index is 11.0. The van der Waals surface area contributed by atoms with Crippen LogP contribution in [-0.2, 0) is 11.2 Å². The van der Waals surface area contributed by atoms with Crippen molar-refractivity contribution < 1.29 is 9.90 Å². The number of carboxylic acids is 1. The predicted octanol–water partition coefficient (Wildman–Crippen LogP) is 2.55. The number of rotatable bonds is 4. The predicted molar refractivity (Wildman–Crippen MR) is 58.9 cm³/mol. The molecule has 1 heterocycles. The van der Waals surface area contributed by atoms with Crippen molar-refractivity contribution in [1.29, 1.82) is 0 Å². The number of halogens is 1. The first-order valence-corrected chi connectivity index (χ1v) is 4.83. The van der Waals surface area contributed by atoms with Crippen LogP contribution in [0.4, 0.5) is 0 Å². The zero-order chi connectivity index (χ0) is 11.5. The number of carbonyl (C=O) groups is 1. The molecule has 80 valence electrons. The number of carboxylic acid groups (broad SMARTS) is 1. The van der Waals surface area contributed by atoms with Gasteiger partial charge in [-0.15, -0.1) is 6.58 Å². The molecule has 3 nitrogen and oxygen atoms in total. The molecule has 0 aliphatic rings. The fraction of sp³-hybridized carbons (Fsp3) is 0.273. The quantitative estimate of drug-likeness (QED) is 0.633. The third-order valence-corrected chi connectivity index (χ3v) is 2.52. The summed E-state index contributed by atoms with van der Waals surface area (Å²) in [4.78, 5) is 14.9. The largest absolute Gasteiger partial charge is 0.481 e. The molecular weight excluding hydrogens is 214 g/mol. The standard InChI is InChI=1S/C11H12ClNO2/c1-3-11(2,10(14)15)6-8-4-5-9(12)13-7-8/h3-5,7H,1,6H2,2H3,(H,14,15). The molecule has 0 aromatic carbocycles. The average molecular weight is 226 g/mol. The van der Waals surface area contributed by atoms with Gasteiger partial charge in [0.05, 0.1) is 5.41 Å². The lowest BCUT2D eigenvalue weighted by Crippen LogP contribution is -2.27. The molecule has 0 radical (unpaired) electrons. The summed E-state index contributed by atoms with van der Waals surface area (Å²) in [6.45, 7) is 5.16. The molecule has 1 N–H and O–H groups in total. The van der Waals surface area contributed by atoms with Crippen LogP contribution in [0.3, 0.4) is 0 Å². The Morgan fingerprint density at radius 1 is 1.73 bits per heavy atom. The highest BCUT2D eigenvalue weighted by Crippen LogP contribution is 2.24. The van der Waals surface area contributed by atoms with E-state index in [9.17, 15) is 4.79 Å². The first kappa shape index (κ1) is 11.7. The topological polar surface area (TPSA) is 50.2 Å². The summed E-state index contributed by atoms with van der Waals surface area (Å²) < 4.78 is 0. The van der Waals surface area contributed by atoms with Gasteiger partial charge in [-0.2, -0.15) is 0 Å². The molecular formula is C11H12ClNO2. The van der Waals surface area contributed by atoms with Gasteiger partial charge < -0.3 is 5.11 Å². The molecule has 15 heavy (non-hydrogen) atoms. The van der Waals surface area contributed by atoms with Gasteiger partial charge in [0.1, 0.15) is 5.15 Å². The normalized spacial score (nSPS) is 14.3. The van der Waals surface area contributed by atoms with Crippen molar-refractivity contribution in [2.24, 2.45) is 5.41 Å². The van der Waals surface area contributed by atoms with Crippen molar-refractivity contribution in [3.05, 3.63) is 41.7 Å². The molecule has 4 heteroatoms. The van der Waals surface area contributed by atoms with E-state index in [1.165, 1.54) is 6.08 Å². The van der Waals surface area contributed by atoms with Gasteiger partial charge in [0.15, 0.2) is 0 Å². The van der Waals surface area contributed by atoms with E-state index in [2.05, 4.69) is 11.6 Å². The number of aliphatic carboxylic acids is 1. The molecule has 0 bridgehead atoms. The van der Waals surface area contributed by atoms with Gasteiger partial charge >= 0.3 is 5.97 Å². The van der Waals surface area contributed by atoms with Gasteiger partial charge in [-0.3, -0.25) is 4.79 Å². The molecule has 0 fully saturated rings. The molecule has 0 saturated carbocycles. The minimum absolute atomic E-state index is 0.357. The lowest BCUT2D eigenvalue weighted by Gasteiger charge is -2.19. The van der Waals surface area contributed by atoms with Crippen LogP contribution in [0.1, 0.15) is 12.5 Å². The molecule has 0 aliphatic heterocycles. The van der Waals surface area contributed by atoms with Gasteiger partial charge in [-0.1, -0.05) is 23.7 Å². The molecule has 1 aromatic heterocycles.